The highest BCUT2D eigenvalue weighted by molar-refractivity contribution is 5.46. The minimum Gasteiger partial charge on any atom is -0.375 e. The summed E-state index contributed by atoms with van der Waals surface area (Å²) in [6.07, 6.45) is 2.86. The van der Waals surface area contributed by atoms with Gasteiger partial charge < -0.3 is 5.32 Å². The zero-order valence-electron chi connectivity index (χ0n) is 11.0. The van der Waals surface area contributed by atoms with Gasteiger partial charge in [0, 0.05) is 12.2 Å². The Hall–Kier alpha value is -1.91. The lowest BCUT2D eigenvalue weighted by Crippen LogP contribution is -2.07. The zero-order chi connectivity index (χ0) is 13.8. The average molecular weight is 265 g/mol. The van der Waals surface area contributed by atoms with Crippen LogP contribution in [0.15, 0.2) is 30.5 Å². The number of rotatable bonds is 5. The summed E-state index contributed by atoms with van der Waals surface area (Å²) in [7, 11) is 0. The molecule has 2 rings (SSSR count). The Morgan fingerprint density at radius 1 is 1.26 bits per heavy atom. The predicted octanol–water partition coefficient (Wildman–Crippen LogP) is 3.74. The van der Waals surface area contributed by atoms with Crippen molar-refractivity contribution < 1.29 is 8.78 Å². The summed E-state index contributed by atoms with van der Waals surface area (Å²) in [5, 5.41) is 7.11. The van der Waals surface area contributed by atoms with Crippen LogP contribution in [0.2, 0.25) is 0 Å². The fourth-order valence-corrected chi connectivity index (χ4v) is 1.75. The first-order chi connectivity index (χ1) is 9.11. The van der Waals surface area contributed by atoms with Crippen molar-refractivity contribution in [3.8, 4) is 0 Å². The van der Waals surface area contributed by atoms with Crippen molar-refractivity contribution in [3.05, 3.63) is 47.8 Å². The highest BCUT2D eigenvalue weighted by Crippen LogP contribution is 2.18. The summed E-state index contributed by atoms with van der Waals surface area (Å²) in [5.74, 6) is -1.19. The number of para-hydroxylation sites is 1. The normalized spacial score (nSPS) is 12.4. The lowest BCUT2D eigenvalue weighted by Gasteiger charge is -2.09. The first kappa shape index (κ1) is 13.5. The van der Waals surface area contributed by atoms with Crippen LogP contribution in [-0.4, -0.2) is 9.78 Å². The van der Waals surface area contributed by atoms with E-state index >= 15 is 0 Å². The topological polar surface area (TPSA) is 29.9 Å². The minimum absolute atomic E-state index is 0.111. The summed E-state index contributed by atoms with van der Waals surface area (Å²) in [6, 6.07) is 5.96. The number of aromatic nitrogens is 2. The van der Waals surface area contributed by atoms with E-state index in [1.807, 2.05) is 16.9 Å². The number of nitrogens with one attached hydrogen (secondary N) is 1. The van der Waals surface area contributed by atoms with Gasteiger partial charge in [0.2, 0.25) is 0 Å². The Kier molecular flexibility index (Phi) is 4.14. The van der Waals surface area contributed by atoms with E-state index in [1.54, 1.807) is 0 Å². The molecule has 0 fully saturated rings. The predicted molar refractivity (Wildman–Crippen MR) is 70.9 cm³/mol. The number of nitrogens with zero attached hydrogens (tertiary/aromatic N) is 2. The van der Waals surface area contributed by atoms with Gasteiger partial charge in [-0.1, -0.05) is 13.0 Å². The summed E-state index contributed by atoms with van der Waals surface area (Å²) < 4.78 is 28.7. The summed E-state index contributed by atoms with van der Waals surface area (Å²) in [4.78, 5) is 0. The van der Waals surface area contributed by atoms with Crippen LogP contribution in [0.3, 0.4) is 0 Å². The highest BCUT2D eigenvalue weighted by atomic mass is 19.1. The van der Waals surface area contributed by atoms with E-state index in [1.165, 1.54) is 18.2 Å². The maximum Gasteiger partial charge on any atom is 0.149 e. The number of hydrogen-bond acceptors (Lipinski definition) is 2. The molecule has 0 aliphatic rings. The van der Waals surface area contributed by atoms with E-state index in [-0.39, 0.29) is 5.69 Å². The van der Waals surface area contributed by atoms with Crippen molar-refractivity contribution in [1.82, 2.24) is 9.78 Å². The Morgan fingerprint density at radius 2 is 1.95 bits per heavy atom. The first-order valence-electron chi connectivity index (χ1n) is 6.33. The van der Waals surface area contributed by atoms with Crippen LogP contribution in [0.5, 0.6) is 0 Å². The van der Waals surface area contributed by atoms with Crippen LogP contribution in [0.4, 0.5) is 14.5 Å². The molecule has 1 unspecified atom stereocenters. The van der Waals surface area contributed by atoms with Gasteiger partial charge in [0.15, 0.2) is 0 Å². The van der Waals surface area contributed by atoms with Gasteiger partial charge in [0.25, 0.3) is 0 Å². The number of benzene rings is 1. The van der Waals surface area contributed by atoms with E-state index in [4.69, 9.17) is 0 Å². The first-order valence-corrected chi connectivity index (χ1v) is 6.33. The standard InChI is InChI=1S/C14H17F2N3/c1-3-10(2)19-8-7-11(18-19)9-17-14-12(15)5-4-6-13(14)16/h4-8,10,17H,3,9H2,1-2H3. The van der Waals surface area contributed by atoms with E-state index in [9.17, 15) is 8.78 Å². The smallest absolute Gasteiger partial charge is 0.149 e. The average Bonchev–Trinajstić information content (AvgIpc) is 2.86. The lowest BCUT2D eigenvalue weighted by molar-refractivity contribution is 0.474. The molecule has 0 amide bonds. The second-order valence-corrected chi connectivity index (χ2v) is 4.49. The molecule has 1 aromatic carbocycles. The fourth-order valence-electron chi connectivity index (χ4n) is 1.75. The number of halogens is 2. The molecule has 0 radical (unpaired) electrons. The third-order valence-electron chi connectivity index (χ3n) is 3.12. The second kappa shape index (κ2) is 5.82. The SMILES string of the molecule is CCC(C)n1ccc(CNc2c(F)cccc2F)n1. The lowest BCUT2D eigenvalue weighted by atomic mass is 10.3. The van der Waals surface area contributed by atoms with Crippen LogP contribution < -0.4 is 5.32 Å². The molecule has 0 bridgehead atoms. The van der Waals surface area contributed by atoms with Gasteiger partial charge in [-0.15, -0.1) is 0 Å². The molecule has 0 saturated heterocycles. The van der Waals surface area contributed by atoms with Crippen LogP contribution >= 0.6 is 0 Å². The maximum atomic E-state index is 13.4. The third-order valence-corrected chi connectivity index (χ3v) is 3.12. The molecule has 1 N–H and O–H groups in total. The maximum absolute atomic E-state index is 13.4. The largest absolute Gasteiger partial charge is 0.375 e. The molecule has 3 nitrogen and oxygen atoms in total. The van der Waals surface area contributed by atoms with Crippen molar-refractivity contribution >= 4 is 5.69 Å². The molecule has 5 heteroatoms. The fraction of sp³-hybridized carbons (Fsp3) is 0.357. The van der Waals surface area contributed by atoms with Crippen LogP contribution in [-0.2, 0) is 6.54 Å². The molecule has 0 spiro atoms. The van der Waals surface area contributed by atoms with E-state index in [2.05, 4.69) is 24.3 Å². The van der Waals surface area contributed by atoms with Gasteiger partial charge in [0.05, 0.1) is 12.2 Å². The Bertz CT molecular complexity index is 531. The van der Waals surface area contributed by atoms with E-state index in [0.29, 0.717) is 12.6 Å². The highest BCUT2D eigenvalue weighted by Gasteiger charge is 2.09. The van der Waals surface area contributed by atoms with Gasteiger partial charge in [-0.2, -0.15) is 5.10 Å². The molecule has 1 heterocycles. The Morgan fingerprint density at radius 3 is 2.58 bits per heavy atom. The molecule has 2 aromatic rings. The quantitative estimate of drug-likeness (QED) is 0.892. The second-order valence-electron chi connectivity index (χ2n) is 4.49. The van der Waals surface area contributed by atoms with E-state index < -0.39 is 11.6 Å². The number of anilines is 1. The van der Waals surface area contributed by atoms with Gasteiger partial charge in [-0.3, -0.25) is 4.68 Å². The van der Waals surface area contributed by atoms with Crippen molar-refractivity contribution in [2.24, 2.45) is 0 Å². The van der Waals surface area contributed by atoms with Crippen LogP contribution in [0, 0.1) is 11.6 Å². The molecular weight excluding hydrogens is 248 g/mol. The summed E-state index contributed by atoms with van der Waals surface area (Å²) >= 11 is 0. The zero-order valence-corrected chi connectivity index (χ0v) is 11.0. The Balaban J connectivity index is 2.05. The van der Waals surface area contributed by atoms with Crippen molar-refractivity contribution in [2.45, 2.75) is 32.9 Å². The molecular formula is C14H17F2N3. The van der Waals surface area contributed by atoms with Gasteiger partial charge in [-0.25, -0.2) is 8.78 Å². The molecule has 1 aromatic heterocycles. The van der Waals surface area contributed by atoms with Crippen molar-refractivity contribution in [2.75, 3.05) is 5.32 Å². The van der Waals surface area contributed by atoms with Gasteiger partial charge in [0.1, 0.15) is 17.3 Å². The van der Waals surface area contributed by atoms with Crippen LogP contribution in [0.25, 0.3) is 0 Å². The summed E-state index contributed by atoms with van der Waals surface area (Å²) in [6.45, 7) is 4.45. The van der Waals surface area contributed by atoms with Gasteiger partial charge >= 0.3 is 0 Å². The molecule has 1 atom stereocenters. The number of hydrogen-bond donors (Lipinski definition) is 1. The Labute approximate surface area is 111 Å². The summed E-state index contributed by atoms with van der Waals surface area (Å²) in [5.41, 5.74) is 0.642. The molecule has 0 saturated carbocycles. The molecule has 0 aliphatic carbocycles. The third kappa shape index (κ3) is 3.10. The molecule has 0 aliphatic heterocycles. The van der Waals surface area contributed by atoms with Crippen molar-refractivity contribution in [3.63, 3.8) is 0 Å². The van der Waals surface area contributed by atoms with Gasteiger partial charge in [-0.05, 0) is 31.5 Å². The molecule has 102 valence electrons. The van der Waals surface area contributed by atoms with E-state index in [0.717, 1.165) is 12.1 Å². The molecule has 19 heavy (non-hydrogen) atoms. The van der Waals surface area contributed by atoms with Crippen LogP contribution in [0.1, 0.15) is 32.0 Å². The minimum atomic E-state index is -0.596. The van der Waals surface area contributed by atoms with Crippen molar-refractivity contribution in [1.29, 1.82) is 0 Å². The monoisotopic (exact) mass is 265 g/mol.